The van der Waals surface area contributed by atoms with E-state index in [1.165, 1.54) is 0 Å². The first-order valence-corrected chi connectivity index (χ1v) is 10.0. The van der Waals surface area contributed by atoms with E-state index in [-0.39, 0.29) is 11.8 Å². The zero-order chi connectivity index (χ0) is 21.5. The molecule has 154 valence electrons. The number of amides is 2. The second kappa shape index (κ2) is 9.94. The molecule has 0 saturated heterocycles. The second-order valence-corrected chi connectivity index (χ2v) is 7.52. The normalized spacial score (nSPS) is 10.4. The molecule has 0 radical (unpaired) electrons. The summed E-state index contributed by atoms with van der Waals surface area (Å²) in [5.74, 6) is -0.473. The number of halogens is 1. The maximum Gasteiger partial charge on any atom is 0.255 e. The highest BCUT2D eigenvalue weighted by Crippen LogP contribution is 2.24. The molecule has 0 fully saturated rings. The van der Waals surface area contributed by atoms with Crippen molar-refractivity contribution in [1.82, 2.24) is 5.32 Å². The van der Waals surface area contributed by atoms with Gasteiger partial charge in [-0.05, 0) is 48.4 Å². The SMILES string of the molecule is CN(C)c1ccc(NC(=O)c2cccc(Cl)c2)cc1C(=O)NCCc1ccccc1. The Balaban J connectivity index is 1.73. The largest absolute Gasteiger partial charge is 0.377 e. The zero-order valence-electron chi connectivity index (χ0n) is 17.0. The summed E-state index contributed by atoms with van der Waals surface area (Å²) < 4.78 is 0. The summed E-state index contributed by atoms with van der Waals surface area (Å²) in [7, 11) is 3.75. The number of carbonyl (C=O) groups is 2. The van der Waals surface area contributed by atoms with Crippen LogP contribution in [0.15, 0.2) is 72.8 Å². The van der Waals surface area contributed by atoms with Crippen molar-refractivity contribution in [3.8, 4) is 0 Å². The Bertz CT molecular complexity index is 1040. The van der Waals surface area contributed by atoms with Crippen LogP contribution in [0.25, 0.3) is 0 Å². The standard InChI is InChI=1S/C24H24ClN3O2/c1-28(2)22-12-11-20(27-23(29)18-9-6-10-19(25)15-18)16-21(22)24(30)26-14-13-17-7-4-3-5-8-17/h3-12,15-16H,13-14H2,1-2H3,(H,26,30)(H,27,29). The van der Waals surface area contributed by atoms with E-state index in [1.807, 2.05) is 55.4 Å². The van der Waals surface area contributed by atoms with Crippen molar-refractivity contribution in [2.75, 3.05) is 30.9 Å². The summed E-state index contributed by atoms with van der Waals surface area (Å²) >= 11 is 5.97. The predicted octanol–water partition coefficient (Wildman–Crippen LogP) is 4.63. The first kappa shape index (κ1) is 21.4. The molecule has 0 atom stereocenters. The number of benzene rings is 3. The van der Waals surface area contributed by atoms with Crippen molar-refractivity contribution in [2.24, 2.45) is 0 Å². The van der Waals surface area contributed by atoms with Gasteiger partial charge in [-0.15, -0.1) is 0 Å². The van der Waals surface area contributed by atoms with E-state index in [9.17, 15) is 9.59 Å². The van der Waals surface area contributed by atoms with E-state index in [2.05, 4.69) is 10.6 Å². The van der Waals surface area contributed by atoms with Crippen LogP contribution in [0.4, 0.5) is 11.4 Å². The minimum Gasteiger partial charge on any atom is -0.377 e. The van der Waals surface area contributed by atoms with Gasteiger partial charge in [0.25, 0.3) is 11.8 Å². The molecule has 6 heteroatoms. The van der Waals surface area contributed by atoms with E-state index in [1.54, 1.807) is 36.4 Å². The molecule has 0 aliphatic carbocycles. The number of anilines is 2. The second-order valence-electron chi connectivity index (χ2n) is 7.08. The average molecular weight is 422 g/mol. The lowest BCUT2D eigenvalue weighted by molar-refractivity contribution is 0.0953. The maximum atomic E-state index is 12.8. The molecule has 2 amide bonds. The lowest BCUT2D eigenvalue weighted by atomic mass is 10.1. The Kier molecular flexibility index (Phi) is 7.09. The fraction of sp³-hybridized carbons (Fsp3) is 0.167. The van der Waals surface area contributed by atoms with E-state index in [0.717, 1.165) is 17.7 Å². The molecular formula is C24H24ClN3O2. The predicted molar refractivity (Wildman–Crippen MR) is 123 cm³/mol. The number of rotatable bonds is 7. The van der Waals surface area contributed by atoms with Gasteiger partial charge in [-0.25, -0.2) is 0 Å². The van der Waals surface area contributed by atoms with E-state index < -0.39 is 0 Å². The average Bonchev–Trinajstić information content (AvgIpc) is 2.74. The minimum atomic E-state index is -0.287. The van der Waals surface area contributed by atoms with E-state index in [4.69, 9.17) is 11.6 Å². The van der Waals surface area contributed by atoms with Crippen molar-refractivity contribution in [3.63, 3.8) is 0 Å². The highest BCUT2D eigenvalue weighted by Gasteiger charge is 2.15. The third-order valence-electron chi connectivity index (χ3n) is 4.61. The molecule has 30 heavy (non-hydrogen) atoms. The fourth-order valence-corrected chi connectivity index (χ4v) is 3.27. The molecule has 0 unspecified atom stereocenters. The van der Waals surface area contributed by atoms with Crippen molar-refractivity contribution in [1.29, 1.82) is 0 Å². The molecule has 0 aliphatic rings. The van der Waals surface area contributed by atoms with Crippen molar-refractivity contribution >= 4 is 34.8 Å². The van der Waals surface area contributed by atoms with Crippen LogP contribution in [0.3, 0.4) is 0 Å². The Morgan fingerprint density at radius 3 is 2.37 bits per heavy atom. The van der Waals surface area contributed by atoms with Gasteiger partial charge in [0.05, 0.1) is 5.56 Å². The fourth-order valence-electron chi connectivity index (χ4n) is 3.08. The third kappa shape index (κ3) is 5.61. The van der Waals surface area contributed by atoms with E-state index >= 15 is 0 Å². The number of hydrogen-bond acceptors (Lipinski definition) is 3. The molecule has 0 spiro atoms. The topological polar surface area (TPSA) is 61.4 Å². The van der Waals surface area contributed by atoms with Gasteiger partial charge in [0, 0.05) is 42.6 Å². The molecule has 0 aliphatic heterocycles. The van der Waals surface area contributed by atoms with Gasteiger partial charge in [0.15, 0.2) is 0 Å². The van der Waals surface area contributed by atoms with Crippen LogP contribution in [0.5, 0.6) is 0 Å². The highest BCUT2D eigenvalue weighted by atomic mass is 35.5. The van der Waals surface area contributed by atoms with Crippen LogP contribution in [0.1, 0.15) is 26.3 Å². The number of carbonyl (C=O) groups excluding carboxylic acids is 2. The molecule has 0 aromatic heterocycles. The zero-order valence-corrected chi connectivity index (χ0v) is 17.7. The van der Waals surface area contributed by atoms with Gasteiger partial charge in [-0.1, -0.05) is 48.0 Å². The van der Waals surface area contributed by atoms with E-state index in [0.29, 0.717) is 28.4 Å². The summed E-state index contributed by atoms with van der Waals surface area (Å²) in [5, 5.41) is 6.29. The smallest absolute Gasteiger partial charge is 0.255 e. The van der Waals surface area contributed by atoms with Gasteiger partial charge in [-0.3, -0.25) is 9.59 Å². The van der Waals surface area contributed by atoms with Gasteiger partial charge in [-0.2, -0.15) is 0 Å². The Morgan fingerprint density at radius 1 is 0.900 bits per heavy atom. The van der Waals surface area contributed by atoms with Crippen molar-refractivity contribution in [2.45, 2.75) is 6.42 Å². The number of nitrogens with zero attached hydrogens (tertiary/aromatic N) is 1. The van der Waals surface area contributed by atoms with Crippen LogP contribution in [0.2, 0.25) is 5.02 Å². The summed E-state index contributed by atoms with van der Waals surface area (Å²) in [6.07, 6.45) is 0.745. The summed E-state index contributed by atoms with van der Waals surface area (Å²) in [6.45, 7) is 0.523. The first-order chi connectivity index (χ1) is 14.4. The van der Waals surface area contributed by atoms with Crippen LogP contribution >= 0.6 is 11.6 Å². The quantitative estimate of drug-likeness (QED) is 0.584. The molecule has 0 bridgehead atoms. The third-order valence-corrected chi connectivity index (χ3v) is 4.84. The Morgan fingerprint density at radius 2 is 1.67 bits per heavy atom. The number of hydrogen-bond donors (Lipinski definition) is 2. The van der Waals surface area contributed by atoms with Crippen molar-refractivity contribution < 1.29 is 9.59 Å². The van der Waals surface area contributed by atoms with Gasteiger partial charge in [0.1, 0.15) is 0 Å². The number of nitrogens with one attached hydrogen (secondary N) is 2. The monoisotopic (exact) mass is 421 g/mol. The van der Waals surface area contributed by atoms with Crippen molar-refractivity contribution in [3.05, 3.63) is 94.5 Å². The molecule has 5 nitrogen and oxygen atoms in total. The summed E-state index contributed by atoms with van der Waals surface area (Å²) in [6, 6.07) is 22.0. The van der Waals surface area contributed by atoms with Crippen LogP contribution in [0, 0.1) is 0 Å². The molecule has 3 aromatic rings. The lowest BCUT2D eigenvalue weighted by Crippen LogP contribution is -2.28. The maximum absolute atomic E-state index is 12.8. The Hall–Kier alpha value is -3.31. The minimum absolute atomic E-state index is 0.187. The Labute approximate surface area is 181 Å². The van der Waals surface area contributed by atoms with Crippen LogP contribution in [-0.2, 0) is 6.42 Å². The molecule has 3 aromatic carbocycles. The van der Waals surface area contributed by atoms with Gasteiger partial charge < -0.3 is 15.5 Å². The van der Waals surface area contributed by atoms with Gasteiger partial charge >= 0.3 is 0 Å². The summed E-state index contributed by atoms with van der Waals surface area (Å²) in [4.78, 5) is 27.2. The molecule has 0 saturated carbocycles. The first-order valence-electron chi connectivity index (χ1n) is 9.64. The highest BCUT2D eigenvalue weighted by molar-refractivity contribution is 6.31. The molecule has 0 heterocycles. The van der Waals surface area contributed by atoms with Crippen LogP contribution in [-0.4, -0.2) is 32.5 Å². The lowest BCUT2D eigenvalue weighted by Gasteiger charge is -2.18. The molecular weight excluding hydrogens is 398 g/mol. The summed E-state index contributed by atoms with van der Waals surface area (Å²) in [5.41, 5.74) is 3.42. The molecule has 3 rings (SSSR count). The molecule has 2 N–H and O–H groups in total. The van der Waals surface area contributed by atoms with Crippen LogP contribution < -0.4 is 15.5 Å². The van der Waals surface area contributed by atoms with Gasteiger partial charge in [0.2, 0.25) is 0 Å².